The number of ether oxygens (including phenoxy) is 3. The number of halogens is 9. The second-order valence-corrected chi connectivity index (χ2v) is 16.1. The van der Waals surface area contributed by atoms with Crippen LogP contribution in [0.2, 0.25) is 0 Å². The Morgan fingerprint density at radius 2 is 0.714 bits per heavy atom. The number of hydrogen-bond acceptors (Lipinski definition) is 3. The van der Waals surface area contributed by atoms with Gasteiger partial charge in [0.05, 0.1) is 19.8 Å². The van der Waals surface area contributed by atoms with E-state index in [9.17, 15) is 0 Å². The Hall–Kier alpha value is 2.92. The maximum Gasteiger partial charge on any atom is 0.213 e. The van der Waals surface area contributed by atoms with Crippen LogP contribution >= 0.6 is 112 Å². The van der Waals surface area contributed by atoms with Crippen LogP contribution in [-0.4, -0.2) is 69.5 Å². The molecule has 0 rings (SSSR count). The molecule has 170 valence electrons. The largest absolute Gasteiger partial charge is 0.377 e. The van der Waals surface area contributed by atoms with E-state index in [0.717, 1.165) is 37.7 Å². The first-order valence-electron chi connectivity index (χ1n) is 8.44. The minimum Gasteiger partial charge on any atom is -0.377 e. The summed E-state index contributed by atoms with van der Waals surface area (Å²) >= 11 is 50.9. The van der Waals surface area contributed by atoms with E-state index < -0.39 is 11.4 Å². The zero-order valence-electron chi connectivity index (χ0n) is 15.1. The van der Waals surface area contributed by atoms with E-state index in [0.29, 0.717) is 19.8 Å². The third kappa shape index (κ3) is 25.2. The molecule has 0 aliphatic rings. The zero-order valence-corrected chi connectivity index (χ0v) is 22.8. The van der Waals surface area contributed by atoms with Gasteiger partial charge in [-0.2, -0.15) is 0 Å². The molecule has 0 spiro atoms. The van der Waals surface area contributed by atoms with Gasteiger partial charge in [-0.1, -0.05) is 104 Å². The molecule has 0 radical (unpaired) electrons. The SMILES string of the molecule is ClC(Cl)(Cl)COCCCP(CCCOCC(Cl)(Cl)Cl)CCCOCC(Cl)(Cl)Cl. The van der Waals surface area contributed by atoms with Crippen LogP contribution < -0.4 is 0 Å². The molecule has 0 saturated carbocycles. The van der Waals surface area contributed by atoms with Gasteiger partial charge in [0.2, 0.25) is 11.4 Å². The van der Waals surface area contributed by atoms with Crippen molar-refractivity contribution in [2.24, 2.45) is 0 Å². The molecule has 13 heteroatoms. The average Bonchev–Trinajstić information content (AvgIpc) is 2.49. The number of hydrogen-bond donors (Lipinski definition) is 0. The van der Waals surface area contributed by atoms with Crippen LogP contribution in [0.1, 0.15) is 19.3 Å². The van der Waals surface area contributed by atoms with Crippen molar-refractivity contribution >= 4 is 112 Å². The van der Waals surface area contributed by atoms with Gasteiger partial charge in [-0.15, -0.1) is 7.92 Å². The van der Waals surface area contributed by atoms with Gasteiger partial charge in [0.1, 0.15) is 0 Å². The minimum atomic E-state index is -1.38. The van der Waals surface area contributed by atoms with Gasteiger partial charge in [-0.25, -0.2) is 0 Å². The van der Waals surface area contributed by atoms with Crippen molar-refractivity contribution in [3.8, 4) is 0 Å². The van der Waals surface area contributed by atoms with Crippen molar-refractivity contribution < 1.29 is 14.2 Å². The first kappa shape index (κ1) is 30.9. The Morgan fingerprint density at radius 3 is 0.929 bits per heavy atom. The summed E-state index contributed by atoms with van der Waals surface area (Å²) in [5.74, 6) is 0. The summed E-state index contributed by atoms with van der Waals surface area (Å²) in [4.78, 5) is 0. The van der Waals surface area contributed by atoms with E-state index in [1.165, 1.54) is 0 Å². The van der Waals surface area contributed by atoms with Gasteiger partial charge in [-0.3, -0.25) is 0 Å². The molecule has 28 heavy (non-hydrogen) atoms. The number of rotatable bonds is 15. The molecule has 0 aliphatic heterocycles. The smallest absolute Gasteiger partial charge is 0.213 e. The molecule has 3 nitrogen and oxygen atoms in total. The van der Waals surface area contributed by atoms with Gasteiger partial charge >= 0.3 is 0 Å². The monoisotopic (exact) mass is 598 g/mol. The fourth-order valence-electron chi connectivity index (χ4n) is 2.07. The molecule has 0 N–H and O–H groups in total. The van der Waals surface area contributed by atoms with Crippen molar-refractivity contribution in [3.63, 3.8) is 0 Å². The quantitative estimate of drug-likeness (QED) is 0.109. The lowest BCUT2D eigenvalue weighted by molar-refractivity contribution is 0.138. The average molecular weight is 602 g/mol. The van der Waals surface area contributed by atoms with Crippen molar-refractivity contribution in [2.75, 3.05) is 58.1 Å². The number of alkyl halides is 9. The molecule has 0 unspecified atom stereocenters. The highest BCUT2D eigenvalue weighted by molar-refractivity contribution is 7.57. The van der Waals surface area contributed by atoms with Gasteiger partial charge < -0.3 is 14.2 Å². The molecule has 0 aromatic rings. The van der Waals surface area contributed by atoms with Crippen LogP contribution in [0, 0.1) is 0 Å². The highest BCUT2D eigenvalue weighted by Crippen LogP contribution is 2.38. The minimum absolute atomic E-state index is 0.0747. The standard InChI is InChI=1S/C15H24Cl9O3P/c16-13(17,18)10-25-4-1-7-28(8-2-5-26-11-14(19,20)21)9-3-6-27-12-15(22,23)24/h1-12H2. The van der Waals surface area contributed by atoms with Crippen molar-refractivity contribution in [1.82, 2.24) is 0 Å². The Balaban J connectivity index is 4.08. The summed E-state index contributed by atoms with van der Waals surface area (Å²) in [6, 6.07) is 0. The lowest BCUT2D eigenvalue weighted by atomic mass is 10.5. The highest BCUT2D eigenvalue weighted by Gasteiger charge is 2.21. The third-order valence-corrected chi connectivity index (χ3v) is 6.91. The summed E-state index contributed by atoms with van der Waals surface area (Å²) < 4.78 is 12.0. The second kappa shape index (κ2) is 16.5. The van der Waals surface area contributed by atoms with Crippen molar-refractivity contribution in [3.05, 3.63) is 0 Å². The van der Waals surface area contributed by atoms with Crippen molar-refractivity contribution in [1.29, 1.82) is 0 Å². The van der Waals surface area contributed by atoms with Gasteiger partial charge in [-0.05, 0) is 37.7 Å². The van der Waals surface area contributed by atoms with Crippen LogP contribution in [0.25, 0.3) is 0 Å². The lowest BCUT2D eigenvalue weighted by Gasteiger charge is -2.19. The van der Waals surface area contributed by atoms with Gasteiger partial charge in [0.15, 0.2) is 0 Å². The van der Waals surface area contributed by atoms with E-state index in [1.54, 1.807) is 0 Å². The molecule has 0 saturated heterocycles. The van der Waals surface area contributed by atoms with E-state index in [1.807, 2.05) is 0 Å². The molecule has 0 atom stereocenters. The fourth-order valence-corrected chi connectivity index (χ4v) is 5.16. The third-order valence-electron chi connectivity index (χ3n) is 3.09. The Labute approximate surface area is 213 Å². The van der Waals surface area contributed by atoms with Crippen LogP contribution in [0.3, 0.4) is 0 Å². The molecular weight excluding hydrogens is 578 g/mol. The van der Waals surface area contributed by atoms with Crippen LogP contribution in [-0.2, 0) is 14.2 Å². The highest BCUT2D eigenvalue weighted by atomic mass is 35.6. The van der Waals surface area contributed by atoms with E-state index in [4.69, 9.17) is 119 Å². The van der Waals surface area contributed by atoms with E-state index >= 15 is 0 Å². The summed E-state index contributed by atoms with van der Waals surface area (Å²) in [7, 11) is -0.232. The molecule has 0 amide bonds. The lowest BCUT2D eigenvalue weighted by Crippen LogP contribution is -2.15. The Bertz CT molecular complexity index is 329. The maximum atomic E-state index is 5.66. The fraction of sp³-hybridized carbons (Fsp3) is 1.00. The molecule has 0 bridgehead atoms. The molecular formula is C15H24Cl9O3P. The van der Waals surface area contributed by atoms with Crippen molar-refractivity contribution in [2.45, 2.75) is 30.6 Å². The zero-order chi connectivity index (χ0) is 21.7. The van der Waals surface area contributed by atoms with Gasteiger partial charge in [0.25, 0.3) is 0 Å². The first-order valence-corrected chi connectivity index (χ1v) is 13.7. The first-order chi connectivity index (χ1) is 12.8. The van der Waals surface area contributed by atoms with Gasteiger partial charge in [0, 0.05) is 19.8 Å². The predicted molar refractivity (Wildman–Crippen MR) is 129 cm³/mol. The predicted octanol–water partition coefficient (Wildman–Crippen LogP) is 7.80. The Morgan fingerprint density at radius 1 is 0.464 bits per heavy atom. The van der Waals surface area contributed by atoms with E-state index in [2.05, 4.69) is 0 Å². The molecule has 0 heterocycles. The summed E-state index contributed by atoms with van der Waals surface area (Å²) in [5, 5.41) is 0. The van der Waals surface area contributed by atoms with Crippen LogP contribution in [0.15, 0.2) is 0 Å². The van der Waals surface area contributed by atoms with Crippen LogP contribution in [0.4, 0.5) is 0 Å². The topological polar surface area (TPSA) is 27.7 Å². The maximum absolute atomic E-state index is 5.66. The summed E-state index contributed by atoms with van der Waals surface area (Å²) in [5.41, 5.74) is 0. The normalized spacial score (nSPS) is 13.5. The molecule has 0 aromatic carbocycles. The summed E-state index contributed by atoms with van der Waals surface area (Å²) in [6.45, 7) is 1.85. The Kier molecular flexibility index (Phi) is 18.2. The summed E-state index contributed by atoms with van der Waals surface area (Å²) in [6.07, 6.45) is 5.75. The second-order valence-electron chi connectivity index (χ2n) is 5.91. The van der Waals surface area contributed by atoms with E-state index in [-0.39, 0.29) is 27.7 Å². The molecule has 0 aliphatic carbocycles. The molecule has 0 aromatic heterocycles. The molecule has 0 fully saturated rings. The van der Waals surface area contributed by atoms with Crippen LogP contribution in [0.5, 0.6) is 0 Å².